The smallest absolute Gasteiger partial charge is 0.120 e. The lowest BCUT2D eigenvalue weighted by molar-refractivity contribution is 0.193. The topological polar surface area (TPSA) is 30.5 Å². The molecule has 17 heavy (non-hydrogen) atoms. The van der Waals surface area contributed by atoms with Crippen LogP contribution in [0.2, 0.25) is 0 Å². The summed E-state index contributed by atoms with van der Waals surface area (Å²) in [4.78, 5) is 0. The maximum Gasteiger partial charge on any atom is 0.120 e. The summed E-state index contributed by atoms with van der Waals surface area (Å²) in [5.74, 6) is 1.76. The fourth-order valence-electron chi connectivity index (χ4n) is 1.56. The van der Waals surface area contributed by atoms with Crippen molar-refractivity contribution in [1.82, 2.24) is 5.32 Å². The zero-order chi connectivity index (χ0) is 12.5. The minimum absolute atomic E-state index is 0.231. The molecule has 1 N–H and O–H groups in total. The molecule has 1 aromatic rings. The van der Waals surface area contributed by atoms with E-state index in [0.29, 0.717) is 0 Å². The fourth-order valence-corrected chi connectivity index (χ4v) is 1.56. The highest BCUT2D eigenvalue weighted by atomic mass is 16.5. The van der Waals surface area contributed by atoms with Gasteiger partial charge >= 0.3 is 0 Å². The Bertz CT molecular complexity index is 298. The van der Waals surface area contributed by atoms with Crippen molar-refractivity contribution in [2.24, 2.45) is 0 Å². The number of nitrogens with one attached hydrogen (secondary N) is 1. The minimum atomic E-state index is 0.231. The lowest BCUT2D eigenvalue weighted by Gasteiger charge is -2.18. The van der Waals surface area contributed by atoms with E-state index in [9.17, 15) is 0 Å². The Morgan fingerprint density at radius 3 is 2.29 bits per heavy atom. The van der Waals surface area contributed by atoms with Gasteiger partial charge in [-0.1, -0.05) is 13.8 Å². The lowest BCUT2D eigenvalue weighted by atomic mass is 10.2. The largest absolute Gasteiger partial charge is 0.497 e. The van der Waals surface area contributed by atoms with Crippen LogP contribution >= 0.6 is 0 Å². The lowest BCUT2D eigenvalue weighted by Crippen LogP contribution is -2.31. The van der Waals surface area contributed by atoms with E-state index in [0.717, 1.165) is 37.4 Å². The Hall–Kier alpha value is -1.22. The number of rotatable bonds is 8. The van der Waals surface area contributed by atoms with E-state index in [-0.39, 0.29) is 6.10 Å². The van der Waals surface area contributed by atoms with Crippen molar-refractivity contribution in [1.29, 1.82) is 0 Å². The number of methoxy groups -OCH3 is 1. The summed E-state index contributed by atoms with van der Waals surface area (Å²) in [5.41, 5.74) is 0. The van der Waals surface area contributed by atoms with E-state index in [1.165, 1.54) is 0 Å². The Kier molecular flexibility index (Phi) is 6.48. The number of benzene rings is 1. The number of ether oxygens (including phenoxy) is 2. The van der Waals surface area contributed by atoms with Crippen molar-refractivity contribution in [3.05, 3.63) is 24.3 Å². The predicted octanol–water partition coefficient (Wildman–Crippen LogP) is 2.85. The van der Waals surface area contributed by atoms with Gasteiger partial charge in [-0.25, -0.2) is 0 Å². The summed E-state index contributed by atoms with van der Waals surface area (Å²) in [6.07, 6.45) is 2.39. The molecule has 0 heterocycles. The van der Waals surface area contributed by atoms with Crippen molar-refractivity contribution in [2.75, 3.05) is 20.2 Å². The van der Waals surface area contributed by atoms with Crippen LogP contribution in [-0.4, -0.2) is 26.3 Å². The highest BCUT2D eigenvalue weighted by Crippen LogP contribution is 2.18. The van der Waals surface area contributed by atoms with E-state index in [1.807, 2.05) is 24.3 Å². The maximum atomic E-state index is 5.89. The minimum Gasteiger partial charge on any atom is -0.497 e. The van der Waals surface area contributed by atoms with Gasteiger partial charge in [0.1, 0.15) is 17.6 Å². The summed E-state index contributed by atoms with van der Waals surface area (Å²) >= 11 is 0. The molecule has 0 saturated heterocycles. The van der Waals surface area contributed by atoms with Crippen LogP contribution in [0.5, 0.6) is 11.5 Å². The van der Waals surface area contributed by atoms with Gasteiger partial charge in [0.15, 0.2) is 0 Å². The predicted molar refractivity (Wildman–Crippen MR) is 70.9 cm³/mol. The van der Waals surface area contributed by atoms with Gasteiger partial charge in [0.25, 0.3) is 0 Å². The Morgan fingerprint density at radius 1 is 1.12 bits per heavy atom. The first-order chi connectivity index (χ1) is 8.30. The molecule has 1 atom stereocenters. The first kappa shape index (κ1) is 13.8. The molecule has 0 radical (unpaired) electrons. The first-order valence-corrected chi connectivity index (χ1v) is 6.31. The van der Waals surface area contributed by atoms with Gasteiger partial charge in [0.05, 0.1) is 7.11 Å². The standard InChI is InChI=1S/C14H23NO2/c1-4-10-15-11-12(5-2)17-14-8-6-13(16-3)7-9-14/h6-9,12,15H,4-5,10-11H2,1-3H3. The van der Waals surface area contributed by atoms with Crippen LogP contribution < -0.4 is 14.8 Å². The third-order valence-electron chi connectivity index (χ3n) is 2.62. The van der Waals surface area contributed by atoms with Crippen molar-refractivity contribution >= 4 is 0 Å². The molecule has 96 valence electrons. The molecule has 0 aliphatic carbocycles. The molecule has 0 aliphatic rings. The van der Waals surface area contributed by atoms with E-state index >= 15 is 0 Å². The Balaban J connectivity index is 2.43. The van der Waals surface area contributed by atoms with Crippen LogP contribution in [0.15, 0.2) is 24.3 Å². The molecule has 0 bridgehead atoms. The summed E-state index contributed by atoms with van der Waals surface area (Å²) in [7, 11) is 1.67. The SMILES string of the molecule is CCCNCC(CC)Oc1ccc(OC)cc1. The molecule has 0 aromatic heterocycles. The van der Waals surface area contributed by atoms with Crippen LogP contribution in [0.3, 0.4) is 0 Å². The van der Waals surface area contributed by atoms with E-state index in [1.54, 1.807) is 7.11 Å². The molecule has 3 nitrogen and oxygen atoms in total. The second kappa shape index (κ2) is 7.96. The molecule has 1 aromatic carbocycles. The molecule has 0 saturated carbocycles. The van der Waals surface area contributed by atoms with E-state index < -0.39 is 0 Å². The number of hydrogen-bond acceptors (Lipinski definition) is 3. The summed E-state index contributed by atoms with van der Waals surface area (Å²) < 4.78 is 11.0. The van der Waals surface area contributed by atoms with Crippen molar-refractivity contribution in [3.63, 3.8) is 0 Å². The molecule has 1 unspecified atom stereocenters. The second-order valence-electron chi connectivity index (χ2n) is 4.03. The average molecular weight is 237 g/mol. The summed E-state index contributed by atoms with van der Waals surface area (Å²) in [5, 5.41) is 3.38. The van der Waals surface area contributed by atoms with Crippen molar-refractivity contribution in [3.8, 4) is 11.5 Å². The van der Waals surface area contributed by atoms with Crippen LogP contribution in [0.25, 0.3) is 0 Å². The average Bonchev–Trinajstić information content (AvgIpc) is 2.38. The normalized spacial score (nSPS) is 12.2. The second-order valence-corrected chi connectivity index (χ2v) is 4.03. The van der Waals surface area contributed by atoms with Gasteiger partial charge in [0.2, 0.25) is 0 Å². The molecule has 0 amide bonds. The van der Waals surface area contributed by atoms with Gasteiger partial charge < -0.3 is 14.8 Å². The zero-order valence-corrected chi connectivity index (χ0v) is 11.0. The Morgan fingerprint density at radius 2 is 1.76 bits per heavy atom. The van der Waals surface area contributed by atoms with E-state index in [2.05, 4.69) is 19.2 Å². The van der Waals surface area contributed by atoms with Crippen molar-refractivity contribution < 1.29 is 9.47 Å². The maximum absolute atomic E-state index is 5.89. The van der Waals surface area contributed by atoms with Gasteiger partial charge in [-0.15, -0.1) is 0 Å². The van der Waals surface area contributed by atoms with Gasteiger partial charge in [0, 0.05) is 6.54 Å². The molecule has 0 aliphatic heterocycles. The molecule has 0 spiro atoms. The highest BCUT2D eigenvalue weighted by molar-refractivity contribution is 5.31. The monoisotopic (exact) mass is 237 g/mol. The molecular weight excluding hydrogens is 214 g/mol. The van der Waals surface area contributed by atoms with Crippen LogP contribution in [0.4, 0.5) is 0 Å². The first-order valence-electron chi connectivity index (χ1n) is 6.31. The van der Waals surface area contributed by atoms with Gasteiger partial charge in [-0.2, -0.15) is 0 Å². The van der Waals surface area contributed by atoms with Crippen LogP contribution in [-0.2, 0) is 0 Å². The van der Waals surface area contributed by atoms with Gasteiger partial charge in [-0.05, 0) is 43.7 Å². The third-order valence-corrected chi connectivity index (χ3v) is 2.62. The molecular formula is C14H23NO2. The van der Waals surface area contributed by atoms with Crippen LogP contribution in [0, 0.1) is 0 Å². The Labute approximate surface area is 104 Å². The zero-order valence-electron chi connectivity index (χ0n) is 11.0. The summed E-state index contributed by atoms with van der Waals surface area (Å²) in [6.45, 7) is 6.25. The quantitative estimate of drug-likeness (QED) is 0.705. The molecule has 1 rings (SSSR count). The van der Waals surface area contributed by atoms with Crippen LogP contribution in [0.1, 0.15) is 26.7 Å². The summed E-state index contributed by atoms with van der Waals surface area (Å²) in [6, 6.07) is 7.73. The van der Waals surface area contributed by atoms with Gasteiger partial charge in [-0.3, -0.25) is 0 Å². The molecule has 0 fully saturated rings. The molecule has 3 heteroatoms. The van der Waals surface area contributed by atoms with Crippen molar-refractivity contribution in [2.45, 2.75) is 32.8 Å². The number of hydrogen-bond donors (Lipinski definition) is 1. The third kappa shape index (κ3) is 5.09. The fraction of sp³-hybridized carbons (Fsp3) is 0.571. The van der Waals surface area contributed by atoms with E-state index in [4.69, 9.17) is 9.47 Å². The highest BCUT2D eigenvalue weighted by Gasteiger charge is 2.07.